The van der Waals surface area contributed by atoms with Gasteiger partial charge in [-0.15, -0.1) is 11.8 Å². The summed E-state index contributed by atoms with van der Waals surface area (Å²) in [7, 11) is 0. The largest absolute Gasteiger partial charge is 0.396 e. The van der Waals surface area contributed by atoms with E-state index in [4.69, 9.17) is 11.6 Å². The van der Waals surface area contributed by atoms with Gasteiger partial charge in [-0.05, 0) is 43.0 Å². The lowest BCUT2D eigenvalue weighted by Gasteiger charge is -2.38. The summed E-state index contributed by atoms with van der Waals surface area (Å²) >= 11 is 7.91. The van der Waals surface area contributed by atoms with Crippen LogP contribution < -0.4 is 10.6 Å². The van der Waals surface area contributed by atoms with Crippen molar-refractivity contribution in [1.29, 1.82) is 0 Å². The molecule has 3 aliphatic heterocycles. The van der Waals surface area contributed by atoms with E-state index in [1.54, 1.807) is 40.9 Å². The number of hydrogen-bond acceptors (Lipinski definition) is 5. The highest BCUT2D eigenvalue weighted by atomic mass is 35.5. The number of carbonyl (C=O) groups is 3. The molecule has 7 nitrogen and oxygen atoms in total. The van der Waals surface area contributed by atoms with Crippen LogP contribution >= 0.6 is 23.4 Å². The molecule has 5 rings (SSSR count). The van der Waals surface area contributed by atoms with Crippen molar-refractivity contribution >= 4 is 52.5 Å². The zero-order valence-electron chi connectivity index (χ0n) is 19.3. The number of para-hydroxylation sites is 2. The summed E-state index contributed by atoms with van der Waals surface area (Å²) in [5.41, 5.74) is 1.17. The van der Waals surface area contributed by atoms with E-state index >= 15 is 0 Å². The number of benzene rings is 2. The standard InChI is InChI=1S/C26H28ClN3O4S/c1-15-14-19-20(23(32)28-16-8-3-2-4-9-16)21-25(34)30(12-7-13-31)22(26(15,21)35-19)24(33)29-18-11-6-5-10-17(18)27/h2-6,8-11,15,19-22,31H,7,12-14H2,1H3,(H,28,32)(H,29,33)/t15?,19-,20+,21+,22?,26?/m1/s1. The SMILES string of the molecule is CC1C[C@H]2SC13C(C(=O)Nc1ccccc1Cl)N(CCCO)C(=O)[C@@H]3[C@H]2C(=O)Nc1ccccc1. The lowest BCUT2D eigenvalue weighted by atomic mass is 9.66. The maximum Gasteiger partial charge on any atom is 0.248 e. The molecule has 0 aliphatic carbocycles. The van der Waals surface area contributed by atoms with Crippen molar-refractivity contribution < 1.29 is 19.5 Å². The topological polar surface area (TPSA) is 98.7 Å². The monoisotopic (exact) mass is 513 g/mol. The first-order valence-corrected chi connectivity index (χ1v) is 13.1. The van der Waals surface area contributed by atoms with E-state index < -0.39 is 22.6 Å². The minimum absolute atomic E-state index is 0.0433. The highest BCUT2D eigenvalue weighted by Gasteiger charge is 2.75. The number of likely N-dealkylation sites (tertiary alicyclic amines) is 1. The molecule has 9 heteroatoms. The van der Waals surface area contributed by atoms with E-state index in [2.05, 4.69) is 17.6 Å². The normalized spacial score (nSPS) is 30.9. The molecule has 2 aromatic carbocycles. The summed E-state index contributed by atoms with van der Waals surface area (Å²) in [4.78, 5) is 42.7. The number of aliphatic hydroxyl groups is 1. The van der Waals surface area contributed by atoms with Gasteiger partial charge in [0.1, 0.15) is 6.04 Å². The Morgan fingerprint density at radius 1 is 1.11 bits per heavy atom. The molecule has 3 saturated heterocycles. The van der Waals surface area contributed by atoms with Gasteiger partial charge in [0.2, 0.25) is 17.7 Å². The maximum atomic E-state index is 13.9. The second-order valence-electron chi connectivity index (χ2n) is 9.49. The van der Waals surface area contributed by atoms with Crippen LogP contribution in [-0.2, 0) is 14.4 Å². The number of aliphatic hydroxyl groups excluding tert-OH is 1. The number of anilines is 2. The molecule has 2 bridgehead atoms. The van der Waals surface area contributed by atoms with Gasteiger partial charge < -0.3 is 20.6 Å². The molecular formula is C26H28ClN3O4S. The molecule has 3 N–H and O–H groups in total. The molecule has 0 saturated carbocycles. The fourth-order valence-electron chi connectivity index (χ4n) is 6.11. The van der Waals surface area contributed by atoms with E-state index in [1.807, 2.05) is 30.3 Å². The van der Waals surface area contributed by atoms with Gasteiger partial charge in [-0.25, -0.2) is 0 Å². The van der Waals surface area contributed by atoms with Crippen molar-refractivity contribution in [3.05, 3.63) is 59.6 Å². The summed E-state index contributed by atoms with van der Waals surface area (Å²) in [5.74, 6) is -1.75. The van der Waals surface area contributed by atoms with Crippen molar-refractivity contribution in [3.8, 4) is 0 Å². The molecule has 2 aromatic rings. The molecule has 6 atom stereocenters. The predicted molar refractivity (Wildman–Crippen MR) is 137 cm³/mol. The molecule has 3 aliphatic rings. The van der Waals surface area contributed by atoms with Gasteiger partial charge in [-0.3, -0.25) is 14.4 Å². The Morgan fingerprint density at radius 3 is 2.54 bits per heavy atom. The first-order valence-electron chi connectivity index (χ1n) is 11.9. The van der Waals surface area contributed by atoms with E-state index in [-0.39, 0.29) is 42.0 Å². The zero-order valence-corrected chi connectivity index (χ0v) is 20.9. The third kappa shape index (κ3) is 3.92. The van der Waals surface area contributed by atoms with Gasteiger partial charge in [-0.1, -0.05) is 48.9 Å². The third-order valence-electron chi connectivity index (χ3n) is 7.53. The predicted octanol–water partition coefficient (Wildman–Crippen LogP) is 3.64. The quantitative estimate of drug-likeness (QED) is 0.525. The van der Waals surface area contributed by atoms with Gasteiger partial charge >= 0.3 is 0 Å². The first kappa shape index (κ1) is 24.2. The van der Waals surface area contributed by atoms with Gasteiger partial charge in [-0.2, -0.15) is 0 Å². The number of halogens is 1. The smallest absolute Gasteiger partial charge is 0.248 e. The number of nitrogens with one attached hydrogen (secondary N) is 2. The Kier molecular flexibility index (Phi) is 6.55. The molecule has 0 radical (unpaired) electrons. The lowest BCUT2D eigenvalue weighted by molar-refractivity contribution is -0.138. The Bertz CT molecular complexity index is 1150. The van der Waals surface area contributed by atoms with Crippen molar-refractivity contribution in [3.63, 3.8) is 0 Å². The summed E-state index contributed by atoms with van der Waals surface area (Å²) in [6.07, 6.45) is 1.11. The van der Waals surface area contributed by atoms with Crippen LogP contribution in [0.4, 0.5) is 11.4 Å². The molecule has 0 aromatic heterocycles. The fraction of sp³-hybridized carbons (Fsp3) is 0.423. The number of thioether (sulfide) groups is 1. The molecule has 35 heavy (non-hydrogen) atoms. The highest BCUT2D eigenvalue weighted by Crippen LogP contribution is 2.68. The Balaban J connectivity index is 1.50. The van der Waals surface area contributed by atoms with Crippen LogP contribution in [0, 0.1) is 17.8 Å². The van der Waals surface area contributed by atoms with Crippen LogP contribution in [-0.4, -0.2) is 56.9 Å². The van der Waals surface area contributed by atoms with Crippen LogP contribution in [0.2, 0.25) is 5.02 Å². The third-order valence-corrected chi connectivity index (χ3v) is 9.93. The van der Waals surface area contributed by atoms with E-state index in [0.717, 1.165) is 6.42 Å². The van der Waals surface area contributed by atoms with E-state index in [0.29, 0.717) is 22.8 Å². The van der Waals surface area contributed by atoms with Crippen LogP contribution in [0.25, 0.3) is 0 Å². The Labute approximate surface area is 213 Å². The second-order valence-corrected chi connectivity index (χ2v) is 11.4. The van der Waals surface area contributed by atoms with Crippen LogP contribution in [0.15, 0.2) is 54.6 Å². The van der Waals surface area contributed by atoms with Crippen molar-refractivity contribution in [2.24, 2.45) is 17.8 Å². The minimum Gasteiger partial charge on any atom is -0.396 e. The van der Waals surface area contributed by atoms with Crippen LogP contribution in [0.5, 0.6) is 0 Å². The number of fused-ring (bicyclic) bond motifs is 1. The van der Waals surface area contributed by atoms with Crippen molar-refractivity contribution in [2.75, 3.05) is 23.8 Å². The molecule has 1 spiro atoms. The molecule has 3 heterocycles. The zero-order chi connectivity index (χ0) is 24.7. The fourth-order valence-corrected chi connectivity index (χ4v) is 8.72. The second kappa shape index (κ2) is 9.48. The average Bonchev–Trinajstić information content (AvgIpc) is 3.43. The van der Waals surface area contributed by atoms with E-state index in [9.17, 15) is 19.5 Å². The highest BCUT2D eigenvalue weighted by molar-refractivity contribution is 8.02. The molecule has 3 fully saturated rings. The van der Waals surface area contributed by atoms with Crippen molar-refractivity contribution in [2.45, 2.75) is 35.8 Å². The summed E-state index contributed by atoms with van der Waals surface area (Å²) in [6.45, 7) is 2.23. The minimum atomic E-state index is -0.762. The molecule has 184 valence electrons. The summed E-state index contributed by atoms with van der Waals surface area (Å²) in [6, 6.07) is 15.4. The van der Waals surface area contributed by atoms with Crippen LogP contribution in [0.3, 0.4) is 0 Å². The van der Waals surface area contributed by atoms with Gasteiger partial charge in [0, 0.05) is 24.1 Å². The summed E-state index contributed by atoms with van der Waals surface area (Å²) in [5, 5.41) is 15.8. The van der Waals surface area contributed by atoms with Gasteiger partial charge in [0.05, 0.1) is 27.3 Å². The molecule has 3 amide bonds. The van der Waals surface area contributed by atoms with Gasteiger partial charge in [0.25, 0.3) is 0 Å². The Morgan fingerprint density at radius 2 is 1.83 bits per heavy atom. The van der Waals surface area contributed by atoms with Crippen molar-refractivity contribution in [1.82, 2.24) is 4.90 Å². The number of hydrogen-bond donors (Lipinski definition) is 3. The first-order chi connectivity index (χ1) is 16.9. The van der Waals surface area contributed by atoms with E-state index in [1.165, 1.54) is 0 Å². The number of carbonyl (C=O) groups excluding carboxylic acids is 3. The van der Waals surface area contributed by atoms with Gasteiger partial charge in [0.15, 0.2) is 0 Å². The number of rotatable bonds is 7. The summed E-state index contributed by atoms with van der Waals surface area (Å²) < 4.78 is -0.721. The molecule has 3 unspecified atom stereocenters. The number of amides is 3. The Hall–Kier alpha value is -2.55. The van der Waals surface area contributed by atoms with Crippen LogP contribution in [0.1, 0.15) is 19.8 Å². The maximum absolute atomic E-state index is 13.9. The average molecular weight is 514 g/mol. The lowest BCUT2D eigenvalue weighted by Crippen LogP contribution is -2.54. The number of nitrogens with zero attached hydrogens (tertiary/aromatic N) is 1. The molecular weight excluding hydrogens is 486 g/mol.